The fraction of sp³-hybridized carbons (Fsp3) is 0.238. The second-order valence-electron chi connectivity index (χ2n) is 6.77. The number of nitrogens with zero attached hydrogens (tertiary/aromatic N) is 3. The summed E-state index contributed by atoms with van der Waals surface area (Å²) in [6, 6.07) is 16.3. The van der Waals surface area contributed by atoms with Gasteiger partial charge in [-0.05, 0) is 29.3 Å². The van der Waals surface area contributed by atoms with Gasteiger partial charge in [0.25, 0.3) is 17.4 Å². The third-order valence-corrected chi connectivity index (χ3v) is 4.99. The summed E-state index contributed by atoms with van der Waals surface area (Å²) in [5.41, 5.74) is 0.535. The minimum atomic E-state index is -0.348. The Morgan fingerprint density at radius 1 is 0.821 bits per heavy atom. The SMILES string of the molecule is O=C(c1ccc(=O)[nH]n1)N1CCCN(C(=O)c2cccc3ccccc23)CC1. The molecule has 3 aromatic rings. The predicted octanol–water partition coefficient (Wildman–Crippen LogP) is 1.91. The normalized spacial score (nSPS) is 14.7. The fourth-order valence-electron chi connectivity index (χ4n) is 3.53. The molecule has 1 saturated heterocycles. The lowest BCUT2D eigenvalue weighted by Gasteiger charge is -2.22. The number of amides is 2. The van der Waals surface area contributed by atoms with Crippen LogP contribution in [0.2, 0.25) is 0 Å². The molecular weight excluding hydrogens is 356 g/mol. The highest BCUT2D eigenvalue weighted by Crippen LogP contribution is 2.21. The van der Waals surface area contributed by atoms with Crippen LogP contribution in [0.15, 0.2) is 59.4 Å². The Balaban J connectivity index is 1.50. The maximum atomic E-state index is 13.1. The molecule has 1 aliphatic rings. The van der Waals surface area contributed by atoms with Crippen LogP contribution in [-0.2, 0) is 0 Å². The van der Waals surface area contributed by atoms with Gasteiger partial charge in [-0.1, -0.05) is 36.4 Å². The van der Waals surface area contributed by atoms with Crippen LogP contribution < -0.4 is 5.56 Å². The summed E-state index contributed by atoms with van der Waals surface area (Å²) < 4.78 is 0. The van der Waals surface area contributed by atoms with Crippen LogP contribution in [0, 0.1) is 0 Å². The average molecular weight is 376 g/mol. The number of aromatic amines is 1. The lowest BCUT2D eigenvalue weighted by molar-refractivity contribution is 0.0716. The minimum absolute atomic E-state index is 0.0201. The summed E-state index contributed by atoms with van der Waals surface area (Å²) in [5, 5.41) is 8.06. The first-order valence-electron chi connectivity index (χ1n) is 9.25. The van der Waals surface area contributed by atoms with Gasteiger partial charge >= 0.3 is 0 Å². The molecule has 0 radical (unpaired) electrons. The van der Waals surface area contributed by atoms with E-state index in [1.807, 2.05) is 42.5 Å². The number of carbonyl (C=O) groups excluding carboxylic acids is 2. The minimum Gasteiger partial charge on any atom is -0.337 e. The van der Waals surface area contributed by atoms with Gasteiger partial charge < -0.3 is 9.80 Å². The van der Waals surface area contributed by atoms with Crippen LogP contribution in [0.3, 0.4) is 0 Å². The molecule has 0 atom stereocenters. The number of carbonyl (C=O) groups is 2. The summed E-state index contributed by atoms with van der Waals surface area (Å²) in [7, 11) is 0. The summed E-state index contributed by atoms with van der Waals surface area (Å²) in [6.07, 6.45) is 0.686. The van der Waals surface area contributed by atoms with Gasteiger partial charge in [-0.2, -0.15) is 5.10 Å². The van der Waals surface area contributed by atoms with Gasteiger partial charge in [0.15, 0.2) is 0 Å². The number of benzene rings is 2. The smallest absolute Gasteiger partial charge is 0.274 e. The summed E-state index contributed by atoms with van der Waals surface area (Å²) in [5.74, 6) is -0.260. The van der Waals surface area contributed by atoms with Crippen LogP contribution in [0.4, 0.5) is 0 Å². The molecule has 2 aromatic carbocycles. The highest BCUT2D eigenvalue weighted by molar-refractivity contribution is 6.07. The average Bonchev–Trinajstić information content (AvgIpc) is 2.99. The van der Waals surface area contributed by atoms with Crippen molar-refractivity contribution in [3.8, 4) is 0 Å². The first-order chi connectivity index (χ1) is 13.6. The molecule has 142 valence electrons. The van der Waals surface area contributed by atoms with E-state index >= 15 is 0 Å². The van der Waals surface area contributed by atoms with Crippen molar-refractivity contribution in [3.05, 3.63) is 76.2 Å². The van der Waals surface area contributed by atoms with Crippen LogP contribution >= 0.6 is 0 Å². The number of H-pyrrole nitrogens is 1. The number of hydrogen-bond acceptors (Lipinski definition) is 4. The zero-order chi connectivity index (χ0) is 19.5. The molecule has 0 aliphatic carbocycles. The van der Waals surface area contributed by atoms with E-state index in [-0.39, 0.29) is 23.1 Å². The van der Waals surface area contributed by atoms with Crippen molar-refractivity contribution in [2.24, 2.45) is 0 Å². The van der Waals surface area contributed by atoms with E-state index in [9.17, 15) is 14.4 Å². The van der Waals surface area contributed by atoms with E-state index in [2.05, 4.69) is 10.2 Å². The van der Waals surface area contributed by atoms with Crippen molar-refractivity contribution in [2.75, 3.05) is 26.2 Å². The van der Waals surface area contributed by atoms with Crippen molar-refractivity contribution in [1.82, 2.24) is 20.0 Å². The number of aromatic nitrogens is 2. The lowest BCUT2D eigenvalue weighted by atomic mass is 10.0. The first-order valence-corrected chi connectivity index (χ1v) is 9.25. The third-order valence-electron chi connectivity index (χ3n) is 4.99. The number of nitrogens with one attached hydrogen (secondary N) is 1. The second kappa shape index (κ2) is 7.64. The van der Waals surface area contributed by atoms with Gasteiger partial charge in [0, 0.05) is 37.8 Å². The van der Waals surface area contributed by atoms with Crippen molar-refractivity contribution in [3.63, 3.8) is 0 Å². The summed E-state index contributed by atoms with van der Waals surface area (Å²) >= 11 is 0. The number of rotatable bonds is 2. The van der Waals surface area contributed by atoms with Gasteiger partial charge in [-0.25, -0.2) is 5.10 Å². The Morgan fingerprint density at radius 2 is 1.54 bits per heavy atom. The maximum Gasteiger partial charge on any atom is 0.274 e. The third kappa shape index (κ3) is 3.51. The molecule has 0 spiro atoms. The van der Waals surface area contributed by atoms with E-state index in [0.717, 1.165) is 10.8 Å². The molecule has 0 unspecified atom stereocenters. The van der Waals surface area contributed by atoms with Crippen LogP contribution in [0.5, 0.6) is 0 Å². The van der Waals surface area contributed by atoms with Gasteiger partial charge in [-0.3, -0.25) is 14.4 Å². The summed E-state index contributed by atoms with van der Waals surface area (Å²) in [6.45, 7) is 2.01. The second-order valence-corrected chi connectivity index (χ2v) is 6.77. The molecule has 1 aromatic heterocycles. The van der Waals surface area contributed by atoms with Crippen molar-refractivity contribution in [2.45, 2.75) is 6.42 Å². The van der Waals surface area contributed by atoms with E-state index in [4.69, 9.17) is 0 Å². The van der Waals surface area contributed by atoms with Gasteiger partial charge in [0.2, 0.25) is 0 Å². The van der Waals surface area contributed by atoms with E-state index in [1.165, 1.54) is 12.1 Å². The van der Waals surface area contributed by atoms with Gasteiger partial charge in [-0.15, -0.1) is 0 Å². The Morgan fingerprint density at radius 3 is 2.29 bits per heavy atom. The van der Waals surface area contributed by atoms with Crippen LogP contribution in [0.1, 0.15) is 27.3 Å². The zero-order valence-electron chi connectivity index (χ0n) is 15.3. The molecule has 7 nitrogen and oxygen atoms in total. The first kappa shape index (κ1) is 17.9. The zero-order valence-corrected chi connectivity index (χ0v) is 15.3. The highest BCUT2D eigenvalue weighted by Gasteiger charge is 2.25. The Kier molecular flexibility index (Phi) is 4.89. The van der Waals surface area contributed by atoms with Crippen molar-refractivity contribution < 1.29 is 9.59 Å². The fourth-order valence-corrected chi connectivity index (χ4v) is 3.53. The topological polar surface area (TPSA) is 86.4 Å². The molecule has 2 amide bonds. The van der Waals surface area contributed by atoms with E-state index in [0.29, 0.717) is 38.2 Å². The van der Waals surface area contributed by atoms with E-state index in [1.54, 1.807) is 9.80 Å². The van der Waals surface area contributed by atoms with Crippen LogP contribution in [-0.4, -0.2) is 58.0 Å². The molecular formula is C21H20N4O3. The Bertz CT molecular complexity index is 1070. The van der Waals surface area contributed by atoms with Crippen molar-refractivity contribution >= 4 is 22.6 Å². The summed E-state index contributed by atoms with van der Waals surface area (Å²) in [4.78, 5) is 40.4. The standard InChI is InChI=1S/C21H20N4O3/c26-19-10-9-18(22-23-19)21(28)25-12-4-11-24(13-14-25)20(27)17-8-3-6-15-5-1-2-7-16(15)17/h1-3,5-10H,4,11-14H2,(H,23,26). The molecule has 0 saturated carbocycles. The molecule has 1 aliphatic heterocycles. The van der Waals surface area contributed by atoms with Crippen LogP contribution in [0.25, 0.3) is 10.8 Å². The largest absolute Gasteiger partial charge is 0.337 e. The number of fused-ring (bicyclic) bond motifs is 1. The van der Waals surface area contributed by atoms with Gasteiger partial charge in [0.05, 0.1) is 0 Å². The Hall–Kier alpha value is -3.48. The molecule has 4 rings (SSSR count). The van der Waals surface area contributed by atoms with Gasteiger partial charge in [0.1, 0.15) is 5.69 Å². The predicted molar refractivity (Wildman–Crippen MR) is 105 cm³/mol. The maximum absolute atomic E-state index is 13.1. The molecule has 2 heterocycles. The molecule has 1 fully saturated rings. The van der Waals surface area contributed by atoms with E-state index < -0.39 is 0 Å². The monoisotopic (exact) mass is 376 g/mol. The molecule has 1 N–H and O–H groups in total. The molecule has 28 heavy (non-hydrogen) atoms. The Labute approximate surface area is 161 Å². The molecule has 7 heteroatoms. The highest BCUT2D eigenvalue weighted by atomic mass is 16.2. The van der Waals surface area contributed by atoms with Crippen molar-refractivity contribution in [1.29, 1.82) is 0 Å². The number of hydrogen-bond donors (Lipinski definition) is 1. The lowest BCUT2D eigenvalue weighted by Crippen LogP contribution is -2.38. The molecule has 0 bridgehead atoms. The quantitative estimate of drug-likeness (QED) is 0.740.